The number of allylic oxidation sites excluding steroid dienone is 1. The van der Waals surface area contributed by atoms with Crippen molar-refractivity contribution < 1.29 is 14.3 Å². The minimum atomic E-state index is -0.637. The fourth-order valence-electron chi connectivity index (χ4n) is 3.95. The maximum atomic E-state index is 12.6. The Morgan fingerprint density at radius 3 is 2.60 bits per heavy atom. The van der Waals surface area contributed by atoms with Gasteiger partial charge in [0.25, 0.3) is 0 Å². The van der Waals surface area contributed by atoms with Crippen LogP contribution in [-0.2, 0) is 0 Å². The van der Waals surface area contributed by atoms with Gasteiger partial charge >= 0.3 is 5.97 Å². The normalized spacial score (nSPS) is 14.6. The number of esters is 1. The molecule has 1 atom stereocenters. The number of halogens is 2. The molecule has 1 aliphatic rings. The van der Waals surface area contributed by atoms with Crippen LogP contribution in [0.5, 0.6) is 11.6 Å². The number of hydrogen-bond donors (Lipinski definition) is 2. The third kappa shape index (κ3) is 4.21. The quantitative estimate of drug-likeness (QED) is 0.268. The molecule has 0 bridgehead atoms. The lowest BCUT2D eigenvalue weighted by molar-refractivity contribution is 0.0734. The second-order valence-electron chi connectivity index (χ2n) is 7.70. The van der Waals surface area contributed by atoms with Gasteiger partial charge in [-0.2, -0.15) is 5.26 Å². The number of nitrogens with two attached hydrogens (primary N) is 1. The van der Waals surface area contributed by atoms with E-state index in [0.717, 1.165) is 0 Å². The van der Waals surface area contributed by atoms with Gasteiger partial charge in [-0.3, -0.25) is 5.10 Å². The molecule has 9 heteroatoms. The number of carbonyl (C=O) groups is 1. The Bertz CT molecular complexity index is 1520. The summed E-state index contributed by atoms with van der Waals surface area (Å²) < 4.78 is 11.2. The number of nitriles is 1. The minimum absolute atomic E-state index is 0.0520. The lowest BCUT2D eigenvalue weighted by atomic mass is 9.83. The topological polar surface area (TPSA) is 114 Å². The molecular weight excluding hydrogens is 487 g/mol. The molecule has 35 heavy (non-hydrogen) atoms. The van der Waals surface area contributed by atoms with E-state index in [-0.39, 0.29) is 17.3 Å². The lowest BCUT2D eigenvalue weighted by Crippen LogP contribution is -2.21. The van der Waals surface area contributed by atoms with Crippen molar-refractivity contribution in [1.82, 2.24) is 10.2 Å². The zero-order valence-corrected chi connectivity index (χ0v) is 19.5. The number of aromatic amines is 1. The molecular formula is C26H16Cl2N4O3. The van der Waals surface area contributed by atoms with Crippen LogP contribution < -0.4 is 15.2 Å². The van der Waals surface area contributed by atoms with Gasteiger partial charge in [0.15, 0.2) is 0 Å². The van der Waals surface area contributed by atoms with E-state index >= 15 is 0 Å². The monoisotopic (exact) mass is 502 g/mol. The smallest absolute Gasteiger partial charge is 0.343 e. The van der Waals surface area contributed by atoms with Crippen LogP contribution in [0.4, 0.5) is 0 Å². The second kappa shape index (κ2) is 9.18. The Hall–Kier alpha value is -4.25. The summed E-state index contributed by atoms with van der Waals surface area (Å²) >= 11 is 12.3. The standard InChI is InChI=1S/C26H16Cl2N4O3/c27-19-10-9-16(12-20(19)28)23-22-21(18(13-29)24(30)35-25(22)32-31-23)15-7-4-8-17(11-15)34-26(33)14-5-2-1-3-6-14/h1-12,21H,30H2,(H,31,32)/t21-/m1/s1. The molecule has 0 amide bonds. The van der Waals surface area contributed by atoms with Crippen molar-refractivity contribution in [2.45, 2.75) is 5.92 Å². The van der Waals surface area contributed by atoms with Crippen LogP contribution in [0.15, 0.2) is 84.3 Å². The number of aromatic nitrogens is 2. The Morgan fingerprint density at radius 2 is 1.86 bits per heavy atom. The maximum Gasteiger partial charge on any atom is 0.343 e. The van der Waals surface area contributed by atoms with Crippen molar-refractivity contribution >= 4 is 29.2 Å². The molecule has 3 N–H and O–H groups in total. The molecule has 3 aromatic carbocycles. The zero-order valence-electron chi connectivity index (χ0n) is 18.0. The molecule has 0 unspecified atom stereocenters. The highest BCUT2D eigenvalue weighted by molar-refractivity contribution is 6.42. The van der Waals surface area contributed by atoms with Gasteiger partial charge in [0.1, 0.15) is 17.4 Å². The van der Waals surface area contributed by atoms with Crippen LogP contribution in [0.25, 0.3) is 11.3 Å². The number of hydrogen-bond acceptors (Lipinski definition) is 6. The summed E-state index contributed by atoms with van der Waals surface area (Å²) in [6.45, 7) is 0. The van der Waals surface area contributed by atoms with E-state index in [1.807, 2.05) is 12.1 Å². The summed E-state index contributed by atoms with van der Waals surface area (Å²) in [5.41, 5.74) is 9.25. The molecule has 172 valence electrons. The molecule has 0 saturated carbocycles. The Labute approximate surface area is 210 Å². The van der Waals surface area contributed by atoms with Crippen molar-refractivity contribution in [3.63, 3.8) is 0 Å². The highest BCUT2D eigenvalue weighted by Crippen LogP contribution is 2.46. The molecule has 0 aliphatic carbocycles. The van der Waals surface area contributed by atoms with E-state index in [9.17, 15) is 10.1 Å². The molecule has 4 aromatic rings. The summed E-state index contributed by atoms with van der Waals surface area (Å²) in [6.07, 6.45) is 0. The van der Waals surface area contributed by atoms with Gasteiger partial charge < -0.3 is 15.2 Å². The average molecular weight is 503 g/mol. The number of fused-ring (bicyclic) bond motifs is 1. The summed E-state index contributed by atoms with van der Waals surface area (Å²) in [4.78, 5) is 12.6. The van der Waals surface area contributed by atoms with Gasteiger partial charge in [-0.1, -0.05) is 59.6 Å². The predicted molar refractivity (Wildman–Crippen MR) is 131 cm³/mol. The number of nitrogens with zero attached hydrogens (tertiary/aromatic N) is 2. The van der Waals surface area contributed by atoms with Crippen LogP contribution in [0.3, 0.4) is 0 Å². The van der Waals surface area contributed by atoms with Crippen molar-refractivity contribution in [3.8, 4) is 29.0 Å². The number of benzene rings is 3. The summed E-state index contributed by atoms with van der Waals surface area (Å²) in [6, 6.07) is 22.9. The first-order valence-corrected chi connectivity index (χ1v) is 11.2. The third-order valence-corrected chi connectivity index (χ3v) is 6.30. The number of rotatable bonds is 4. The molecule has 0 saturated heterocycles. The second-order valence-corrected chi connectivity index (χ2v) is 8.51. The largest absolute Gasteiger partial charge is 0.423 e. The molecule has 1 aliphatic heterocycles. The molecule has 0 spiro atoms. The zero-order chi connectivity index (χ0) is 24.5. The van der Waals surface area contributed by atoms with Crippen molar-refractivity contribution in [1.29, 1.82) is 5.26 Å². The first-order chi connectivity index (χ1) is 17.0. The summed E-state index contributed by atoms with van der Waals surface area (Å²) in [5.74, 6) is -0.629. The highest BCUT2D eigenvalue weighted by Gasteiger charge is 2.36. The Morgan fingerprint density at radius 1 is 1.06 bits per heavy atom. The summed E-state index contributed by atoms with van der Waals surface area (Å²) in [5, 5.41) is 17.9. The number of carbonyl (C=O) groups excluding carboxylic acids is 1. The van der Waals surface area contributed by atoms with E-state index in [1.165, 1.54) is 0 Å². The summed E-state index contributed by atoms with van der Waals surface area (Å²) in [7, 11) is 0. The van der Waals surface area contributed by atoms with Crippen LogP contribution in [0, 0.1) is 11.3 Å². The molecule has 1 aromatic heterocycles. The molecule has 0 radical (unpaired) electrons. The van der Waals surface area contributed by atoms with Gasteiger partial charge in [0.2, 0.25) is 11.8 Å². The molecule has 2 heterocycles. The van der Waals surface area contributed by atoms with Crippen LogP contribution in [0.1, 0.15) is 27.4 Å². The van der Waals surface area contributed by atoms with Crippen molar-refractivity contribution in [3.05, 3.63) is 111 Å². The van der Waals surface area contributed by atoms with Crippen molar-refractivity contribution in [2.24, 2.45) is 5.73 Å². The van der Waals surface area contributed by atoms with Crippen LogP contribution in [-0.4, -0.2) is 16.2 Å². The van der Waals surface area contributed by atoms with E-state index in [0.29, 0.717) is 43.7 Å². The van der Waals surface area contributed by atoms with Gasteiger partial charge in [-0.25, -0.2) is 4.79 Å². The first-order valence-electron chi connectivity index (χ1n) is 10.4. The third-order valence-electron chi connectivity index (χ3n) is 5.56. The van der Waals surface area contributed by atoms with Gasteiger partial charge in [0, 0.05) is 5.56 Å². The number of H-pyrrole nitrogens is 1. The van der Waals surface area contributed by atoms with Gasteiger partial charge in [-0.05, 0) is 42.0 Å². The van der Waals surface area contributed by atoms with E-state index in [2.05, 4.69) is 16.3 Å². The van der Waals surface area contributed by atoms with E-state index < -0.39 is 11.9 Å². The van der Waals surface area contributed by atoms with Crippen LogP contribution in [0.2, 0.25) is 10.0 Å². The first kappa shape index (κ1) is 22.5. The predicted octanol–water partition coefficient (Wildman–Crippen LogP) is 5.82. The van der Waals surface area contributed by atoms with E-state index in [4.69, 9.17) is 38.4 Å². The van der Waals surface area contributed by atoms with Crippen LogP contribution >= 0.6 is 23.2 Å². The van der Waals surface area contributed by atoms with Crippen molar-refractivity contribution in [2.75, 3.05) is 0 Å². The lowest BCUT2D eigenvalue weighted by Gasteiger charge is -2.24. The maximum absolute atomic E-state index is 12.6. The highest BCUT2D eigenvalue weighted by atomic mass is 35.5. The molecule has 5 rings (SSSR count). The van der Waals surface area contributed by atoms with Gasteiger partial charge in [-0.15, -0.1) is 5.10 Å². The number of ether oxygens (including phenoxy) is 2. The van der Waals surface area contributed by atoms with E-state index in [1.54, 1.807) is 60.7 Å². The fraction of sp³-hybridized carbons (Fsp3) is 0.0385. The van der Waals surface area contributed by atoms with Gasteiger partial charge in [0.05, 0.1) is 32.8 Å². The molecule has 0 fully saturated rings. The Kier molecular flexibility index (Phi) is 5.91. The average Bonchev–Trinajstić information content (AvgIpc) is 3.28. The SMILES string of the molecule is N#CC1=C(N)Oc2n[nH]c(-c3ccc(Cl)c(Cl)c3)c2[C@@H]1c1cccc(OC(=O)c2ccccc2)c1. The Balaban J connectivity index is 1.59. The molecule has 7 nitrogen and oxygen atoms in total. The fourth-order valence-corrected chi connectivity index (χ4v) is 4.25. The number of nitrogens with one attached hydrogen (secondary N) is 1. The minimum Gasteiger partial charge on any atom is -0.423 e.